The minimum absolute atomic E-state index is 0.0253. The summed E-state index contributed by atoms with van der Waals surface area (Å²) in [6.45, 7) is 15.4. The molecule has 1 fully saturated rings. The number of benzene rings is 3. The zero-order chi connectivity index (χ0) is 55.9. The van der Waals surface area contributed by atoms with E-state index in [0.717, 1.165) is 29.5 Å². The van der Waals surface area contributed by atoms with Crippen molar-refractivity contribution in [1.82, 2.24) is 41.0 Å². The Hall–Kier alpha value is -5.86. The van der Waals surface area contributed by atoms with Gasteiger partial charge in [-0.15, -0.1) is 0 Å². The summed E-state index contributed by atoms with van der Waals surface area (Å²) in [4.78, 5) is 67.4. The van der Waals surface area contributed by atoms with Gasteiger partial charge in [0.1, 0.15) is 23.0 Å². The van der Waals surface area contributed by atoms with Gasteiger partial charge in [0, 0.05) is 45.1 Å². The maximum atomic E-state index is 14.4. The van der Waals surface area contributed by atoms with Gasteiger partial charge >= 0.3 is 0 Å². The van der Waals surface area contributed by atoms with Crippen molar-refractivity contribution in [2.24, 2.45) is 5.41 Å². The Bertz CT molecular complexity index is 2710. The van der Waals surface area contributed by atoms with E-state index in [1.807, 2.05) is 84.0 Å². The molecule has 1 aliphatic rings. The van der Waals surface area contributed by atoms with Gasteiger partial charge in [0.2, 0.25) is 29.6 Å². The maximum absolute atomic E-state index is 14.4. The number of halogens is 1. The topological polar surface area (TPSA) is 236 Å². The molecule has 18 nitrogen and oxygen atoms in total. The molecular formula is C56H81ClN10O8S. The number of nitrogens with zero attached hydrogens (tertiary/aromatic N) is 4. The van der Waals surface area contributed by atoms with Crippen molar-refractivity contribution in [3.8, 4) is 5.75 Å². The molecule has 76 heavy (non-hydrogen) atoms. The van der Waals surface area contributed by atoms with E-state index in [0.29, 0.717) is 55.8 Å². The number of aliphatic hydroxyl groups excluding tert-OH is 1. The molecule has 3 unspecified atom stereocenters. The molecule has 4 amide bonds. The maximum Gasteiger partial charge on any atom is 0.243 e. The highest BCUT2D eigenvalue weighted by Gasteiger charge is 2.45. The van der Waals surface area contributed by atoms with Crippen LogP contribution in [0.5, 0.6) is 5.75 Å². The number of ether oxygens (including phenoxy) is 1. The number of likely N-dealkylation sites (tertiary alicyclic amines) is 1. The van der Waals surface area contributed by atoms with E-state index < -0.39 is 44.9 Å². The van der Waals surface area contributed by atoms with Gasteiger partial charge < -0.3 is 46.2 Å². The van der Waals surface area contributed by atoms with Crippen molar-refractivity contribution in [2.45, 2.75) is 160 Å². The third-order valence-electron chi connectivity index (χ3n) is 14.0. The van der Waals surface area contributed by atoms with Crippen molar-refractivity contribution in [1.29, 1.82) is 0 Å². The number of nitrogens with one attached hydrogen (secondary N) is 6. The number of carbonyl (C=O) groups is 4. The fourth-order valence-electron chi connectivity index (χ4n) is 9.06. The molecule has 4 aromatic rings. The minimum Gasteiger partial charge on any atom is -0.495 e. The lowest BCUT2D eigenvalue weighted by molar-refractivity contribution is -0.143. The summed E-state index contributed by atoms with van der Waals surface area (Å²) in [6.07, 6.45) is 5.34. The highest BCUT2D eigenvalue weighted by Crippen LogP contribution is 2.34. The summed E-state index contributed by atoms with van der Waals surface area (Å²) < 4.78 is 31.9. The third-order valence-corrected chi connectivity index (χ3v) is 16.4. The molecule has 3 aromatic carbocycles. The second kappa shape index (κ2) is 28.0. The predicted molar refractivity (Wildman–Crippen MR) is 300 cm³/mol. The summed E-state index contributed by atoms with van der Waals surface area (Å²) in [7, 11) is 1.48. The number of amides is 4. The van der Waals surface area contributed by atoms with Crippen LogP contribution in [0, 0.1) is 12.3 Å². The standard InChI is InChI=1S/C56H81ClN10O8S/c1-12-42(38-22-16-15-17-23-38)62-53(71)45-32-40(34-67(45)54(72)50(56(6,7)8)64-52(70)37(5)58-9)60-48(68)26-18-13-14-19-27-49(69)66(10)29-28-39-31-46(75-11)44(30-36(39)4)63-55-59-33-41(57)51(65-55)61-43-24-20-21-25-47(43)76(73,74)35(2)3/h15-17,20-25,30-31,33,35,37,40,42,45,50,52,58,64,70H,12-14,18-19,26-29,32,34H2,1-11H3,(H,60,68)(H,62,71)(H2,59,61,63,65)/t37-,40?,42+,45?,50+,52?/m0/s1. The monoisotopic (exact) mass is 1090 g/mol. The molecule has 0 bridgehead atoms. The van der Waals surface area contributed by atoms with Gasteiger partial charge in [-0.3, -0.25) is 24.5 Å². The number of rotatable bonds is 27. The predicted octanol–water partition coefficient (Wildman–Crippen LogP) is 7.74. The lowest BCUT2D eigenvalue weighted by atomic mass is 9.85. The van der Waals surface area contributed by atoms with Crippen LogP contribution in [0.4, 0.5) is 23.1 Å². The van der Waals surface area contributed by atoms with Crippen molar-refractivity contribution in [2.75, 3.05) is 44.9 Å². The first kappa shape index (κ1) is 61.0. The average Bonchev–Trinajstić information content (AvgIpc) is 3.82. The molecule has 20 heteroatoms. The number of hydrogen-bond acceptors (Lipinski definition) is 14. The van der Waals surface area contributed by atoms with E-state index in [9.17, 15) is 32.7 Å². The van der Waals surface area contributed by atoms with E-state index in [2.05, 4.69) is 41.9 Å². The van der Waals surface area contributed by atoms with E-state index in [1.54, 1.807) is 69.1 Å². The van der Waals surface area contributed by atoms with Crippen LogP contribution in [0.3, 0.4) is 0 Å². The Balaban J connectivity index is 1.10. The molecule has 1 saturated heterocycles. The largest absolute Gasteiger partial charge is 0.495 e. The van der Waals surface area contributed by atoms with Crippen LogP contribution < -0.4 is 36.6 Å². The van der Waals surface area contributed by atoms with Gasteiger partial charge in [-0.2, -0.15) is 4.98 Å². The molecule has 0 radical (unpaired) electrons. The second-order valence-electron chi connectivity index (χ2n) is 21.1. The Morgan fingerprint density at radius 2 is 1.62 bits per heavy atom. The van der Waals surface area contributed by atoms with E-state index in [-0.39, 0.29) is 76.8 Å². The summed E-state index contributed by atoms with van der Waals surface area (Å²) in [6, 6.07) is 17.4. The number of unbranched alkanes of at least 4 members (excludes halogenated alkanes) is 3. The number of likely N-dealkylation sites (N-methyl/N-ethyl adjacent to an activating group) is 2. The summed E-state index contributed by atoms with van der Waals surface area (Å²) in [5, 5.41) is 29.1. The molecule has 6 atom stereocenters. The van der Waals surface area contributed by atoms with Crippen LogP contribution in [-0.4, -0.2) is 127 Å². The van der Waals surface area contributed by atoms with Crippen LogP contribution in [0.25, 0.3) is 0 Å². The molecule has 5 rings (SSSR count). The fraction of sp³-hybridized carbons (Fsp3) is 0.536. The smallest absolute Gasteiger partial charge is 0.243 e. The van der Waals surface area contributed by atoms with Gasteiger partial charge in [0.25, 0.3) is 0 Å². The molecule has 1 aromatic heterocycles. The molecule has 0 spiro atoms. The number of aromatic nitrogens is 2. The Morgan fingerprint density at radius 3 is 2.26 bits per heavy atom. The summed E-state index contributed by atoms with van der Waals surface area (Å²) >= 11 is 6.47. The van der Waals surface area contributed by atoms with Crippen LogP contribution >= 0.6 is 11.6 Å². The Morgan fingerprint density at radius 1 is 0.947 bits per heavy atom. The third kappa shape index (κ3) is 16.6. The van der Waals surface area contributed by atoms with Gasteiger partial charge in [0.05, 0.1) is 46.9 Å². The van der Waals surface area contributed by atoms with E-state index in [1.165, 1.54) is 6.20 Å². The number of aliphatic hydroxyl groups is 1. The SMILES string of the molecule is CC[C@@H](NC(=O)C1CC(NC(=O)CCCCCCC(=O)N(C)CCc2cc(OC)c(Nc3ncc(Cl)c(Nc4ccccc4S(=O)(=O)C(C)C)n3)cc2C)CN1C(=O)[C@@H](NC(O)[C@H](C)NC)C(C)(C)C)c1ccccc1. The van der Waals surface area contributed by atoms with Gasteiger partial charge in [-0.1, -0.05) is 94.6 Å². The summed E-state index contributed by atoms with van der Waals surface area (Å²) in [5.41, 5.74) is 3.24. The molecular weight excluding hydrogens is 1010 g/mol. The van der Waals surface area contributed by atoms with Crippen LogP contribution in [0.1, 0.15) is 123 Å². The Kier molecular flexibility index (Phi) is 22.4. The van der Waals surface area contributed by atoms with Crippen LogP contribution in [0.2, 0.25) is 5.02 Å². The normalized spacial score (nSPS) is 16.4. The number of sulfone groups is 1. The van der Waals surface area contributed by atoms with Crippen molar-refractivity contribution in [3.63, 3.8) is 0 Å². The zero-order valence-electron chi connectivity index (χ0n) is 46.1. The van der Waals surface area contributed by atoms with Crippen LogP contribution in [-0.2, 0) is 35.4 Å². The zero-order valence-corrected chi connectivity index (χ0v) is 47.7. The fourth-order valence-corrected chi connectivity index (χ4v) is 10.4. The first-order chi connectivity index (χ1) is 36.0. The highest BCUT2D eigenvalue weighted by molar-refractivity contribution is 7.92. The lowest BCUT2D eigenvalue weighted by Gasteiger charge is -2.38. The van der Waals surface area contributed by atoms with Crippen molar-refractivity contribution < 1.29 is 37.4 Å². The number of aryl methyl sites for hydroxylation is 1. The lowest BCUT2D eigenvalue weighted by Crippen LogP contribution is -2.61. The summed E-state index contributed by atoms with van der Waals surface area (Å²) in [5.74, 6) is 0.209. The number of anilines is 4. The van der Waals surface area contributed by atoms with Gasteiger partial charge in [-0.05, 0) is 113 Å². The molecule has 1 aliphatic heterocycles. The number of carbonyl (C=O) groups excluding carboxylic acids is 4. The highest BCUT2D eigenvalue weighted by atomic mass is 35.5. The number of para-hydroxylation sites is 1. The minimum atomic E-state index is -3.60. The van der Waals surface area contributed by atoms with Gasteiger partial charge in [-0.25, -0.2) is 13.4 Å². The molecule has 0 saturated carbocycles. The molecule has 2 heterocycles. The number of hydrogen-bond donors (Lipinski definition) is 7. The first-order valence-corrected chi connectivity index (χ1v) is 28.3. The van der Waals surface area contributed by atoms with E-state index >= 15 is 0 Å². The van der Waals surface area contributed by atoms with Crippen LogP contribution in [0.15, 0.2) is 77.8 Å². The molecule has 0 aliphatic carbocycles. The Labute approximate surface area is 455 Å². The molecule has 416 valence electrons. The van der Waals surface area contributed by atoms with E-state index in [4.69, 9.17) is 16.3 Å². The quantitative estimate of drug-likeness (QED) is 0.0224. The molecule has 7 N–H and O–H groups in total. The van der Waals surface area contributed by atoms with Crippen molar-refractivity contribution in [3.05, 3.63) is 94.6 Å². The average molecular weight is 1090 g/mol. The second-order valence-corrected chi connectivity index (χ2v) is 23.9. The van der Waals surface area contributed by atoms with Gasteiger partial charge in [0.15, 0.2) is 15.7 Å². The van der Waals surface area contributed by atoms with Crippen molar-refractivity contribution >= 4 is 68.2 Å². The first-order valence-electron chi connectivity index (χ1n) is 26.4. The number of methoxy groups -OCH3 is 1.